The zero-order valence-electron chi connectivity index (χ0n) is 11.0. The molecule has 0 aliphatic heterocycles. The molecule has 0 saturated heterocycles. The van der Waals surface area contributed by atoms with Crippen molar-refractivity contribution in [3.8, 4) is 0 Å². The predicted molar refractivity (Wildman–Crippen MR) is 80.8 cm³/mol. The minimum absolute atomic E-state index is 0.0379. The Morgan fingerprint density at radius 1 is 1.05 bits per heavy atom. The van der Waals surface area contributed by atoms with Crippen LogP contribution in [0.2, 0.25) is 0 Å². The fourth-order valence-corrected chi connectivity index (χ4v) is 1.99. The first-order valence-corrected chi connectivity index (χ1v) is 7.04. The van der Waals surface area contributed by atoms with Crippen LogP contribution in [0.4, 0.5) is 14.5 Å². The zero-order valence-corrected chi connectivity index (χ0v) is 12.6. The number of carbonyl (C=O) groups is 1. The molecule has 2 N–H and O–H groups in total. The quantitative estimate of drug-likeness (QED) is 0.863. The molecule has 0 bridgehead atoms. The summed E-state index contributed by atoms with van der Waals surface area (Å²) in [6.07, 6.45) is 0. The van der Waals surface area contributed by atoms with Crippen molar-refractivity contribution in [2.24, 2.45) is 0 Å². The molecule has 0 radical (unpaired) electrons. The van der Waals surface area contributed by atoms with E-state index in [-0.39, 0.29) is 6.54 Å². The van der Waals surface area contributed by atoms with E-state index >= 15 is 0 Å². The van der Waals surface area contributed by atoms with Crippen molar-refractivity contribution in [3.05, 3.63) is 64.1 Å². The molecule has 2 aromatic carbocycles. The largest absolute Gasteiger partial charge is 0.320 e. The van der Waals surface area contributed by atoms with Gasteiger partial charge < -0.3 is 10.6 Å². The Bertz CT molecular complexity index is 612. The zero-order chi connectivity index (χ0) is 15.2. The van der Waals surface area contributed by atoms with Gasteiger partial charge in [0.05, 0.1) is 6.54 Å². The van der Waals surface area contributed by atoms with E-state index in [1.54, 1.807) is 0 Å². The molecule has 0 spiro atoms. The molecule has 6 heteroatoms. The first-order chi connectivity index (χ1) is 10.1. The third-order valence-corrected chi connectivity index (χ3v) is 3.28. The average molecular weight is 355 g/mol. The average Bonchev–Trinajstić information content (AvgIpc) is 2.45. The van der Waals surface area contributed by atoms with E-state index < -0.39 is 23.2 Å². The minimum Gasteiger partial charge on any atom is -0.320 e. The van der Waals surface area contributed by atoms with Crippen molar-refractivity contribution >= 4 is 27.5 Å². The highest BCUT2D eigenvalue weighted by atomic mass is 79.9. The molecule has 0 atom stereocenters. The van der Waals surface area contributed by atoms with E-state index in [1.165, 1.54) is 6.07 Å². The Morgan fingerprint density at radius 3 is 2.29 bits per heavy atom. The van der Waals surface area contributed by atoms with E-state index in [0.717, 1.165) is 22.2 Å². The molecule has 0 fully saturated rings. The number of nitrogens with one attached hydrogen (secondary N) is 2. The highest BCUT2D eigenvalue weighted by Gasteiger charge is 2.11. The Labute approximate surface area is 129 Å². The van der Waals surface area contributed by atoms with Gasteiger partial charge in [-0.2, -0.15) is 0 Å². The summed E-state index contributed by atoms with van der Waals surface area (Å²) in [6, 6.07) is 11.0. The molecular weight excluding hydrogens is 342 g/mol. The van der Waals surface area contributed by atoms with E-state index in [9.17, 15) is 13.6 Å². The van der Waals surface area contributed by atoms with Gasteiger partial charge in [-0.3, -0.25) is 4.79 Å². The highest BCUT2D eigenvalue weighted by molar-refractivity contribution is 9.10. The van der Waals surface area contributed by atoms with Gasteiger partial charge in [0.15, 0.2) is 0 Å². The smallest absolute Gasteiger partial charge is 0.238 e. The number of halogens is 3. The van der Waals surface area contributed by atoms with Crippen LogP contribution >= 0.6 is 15.9 Å². The van der Waals surface area contributed by atoms with Gasteiger partial charge in [-0.1, -0.05) is 34.1 Å². The number of carbonyl (C=O) groups excluding carboxylic acids is 1. The number of rotatable bonds is 5. The first-order valence-electron chi connectivity index (χ1n) is 6.25. The van der Waals surface area contributed by atoms with E-state index in [4.69, 9.17) is 0 Å². The number of para-hydroxylation sites is 1. The van der Waals surface area contributed by atoms with E-state index in [2.05, 4.69) is 26.6 Å². The minimum atomic E-state index is -0.795. The molecule has 3 nitrogen and oxygen atoms in total. The van der Waals surface area contributed by atoms with Crippen LogP contribution in [0.3, 0.4) is 0 Å². The summed E-state index contributed by atoms with van der Waals surface area (Å²) in [5.41, 5.74) is 0.580. The molecule has 2 aromatic rings. The van der Waals surface area contributed by atoms with Gasteiger partial charge in [0, 0.05) is 11.0 Å². The van der Waals surface area contributed by atoms with Crippen LogP contribution < -0.4 is 10.6 Å². The third kappa shape index (κ3) is 4.61. The van der Waals surface area contributed by atoms with Crippen molar-refractivity contribution in [2.75, 3.05) is 11.9 Å². The van der Waals surface area contributed by atoms with E-state index in [1.807, 2.05) is 24.3 Å². The van der Waals surface area contributed by atoms with E-state index in [0.29, 0.717) is 6.54 Å². The summed E-state index contributed by atoms with van der Waals surface area (Å²) >= 11 is 3.33. The van der Waals surface area contributed by atoms with Crippen molar-refractivity contribution in [1.82, 2.24) is 5.32 Å². The molecule has 0 aliphatic carbocycles. The SMILES string of the molecule is O=C(CNCc1ccc(Br)cc1)Nc1c(F)cccc1F. The number of hydrogen-bond donors (Lipinski definition) is 2. The van der Waals surface area contributed by atoms with Crippen molar-refractivity contribution in [3.63, 3.8) is 0 Å². The van der Waals surface area contributed by atoms with Crippen LogP contribution in [0.1, 0.15) is 5.56 Å². The van der Waals surface area contributed by atoms with Crippen molar-refractivity contribution in [1.29, 1.82) is 0 Å². The molecule has 0 heterocycles. The van der Waals surface area contributed by atoms with Gasteiger partial charge in [-0.05, 0) is 29.8 Å². The second-order valence-corrected chi connectivity index (χ2v) is 5.29. The summed E-state index contributed by atoms with van der Waals surface area (Å²) in [5.74, 6) is -2.09. The Hall–Kier alpha value is -1.79. The second-order valence-electron chi connectivity index (χ2n) is 4.37. The first kappa shape index (κ1) is 15.6. The second kappa shape index (κ2) is 7.28. The van der Waals surface area contributed by atoms with Gasteiger partial charge in [-0.15, -0.1) is 0 Å². The molecule has 0 aliphatic rings. The lowest BCUT2D eigenvalue weighted by atomic mass is 10.2. The number of amides is 1. The molecule has 1 amide bonds. The Kier molecular flexibility index (Phi) is 5.41. The molecule has 110 valence electrons. The van der Waals surface area contributed by atoms with Crippen LogP contribution in [0.25, 0.3) is 0 Å². The molecule has 21 heavy (non-hydrogen) atoms. The molecule has 2 rings (SSSR count). The van der Waals surface area contributed by atoms with Gasteiger partial charge in [-0.25, -0.2) is 8.78 Å². The number of benzene rings is 2. The topological polar surface area (TPSA) is 41.1 Å². The maximum atomic E-state index is 13.4. The summed E-state index contributed by atoms with van der Waals surface area (Å²) in [7, 11) is 0. The highest BCUT2D eigenvalue weighted by Crippen LogP contribution is 2.17. The van der Waals surface area contributed by atoms with Crippen LogP contribution in [-0.2, 0) is 11.3 Å². The summed E-state index contributed by atoms with van der Waals surface area (Å²) in [4.78, 5) is 11.6. The maximum Gasteiger partial charge on any atom is 0.238 e. The fraction of sp³-hybridized carbons (Fsp3) is 0.133. The van der Waals surface area contributed by atoms with Crippen molar-refractivity contribution in [2.45, 2.75) is 6.54 Å². The van der Waals surface area contributed by atoms with Crippen LogP contribution in [0.15, 0.2) is 46.9 Å². The number of anilines is 1. The number of hydrogen-bond acceptors (Lipinski definition) is 2. The summed E-state index contributed by atoms with van der Waals surface area (Å²) in [5, 5.41) is 5.12. The van der Waals surface area contributed by atoms with Gasteiger partial charge in [0.25, 0.3) is 0 Å². The van der Waals surface area contributed by atoms with Gasteiger partial charge in [0.1, 0.15) is 17.3 Å². The summed E-state index contributed by atoms with van der Waals surface area (Å²) < 4.78 is 27.7. The van der Waals surface area contributed by atoms with Crippen LogP contribution in [-0.4, -0.2) is 12.5 Å². The fourth-order valence-electron chi connectivity index (χ4n) is 1.72. The lowest BCUT2D eigenvalue weighted by Gasteiger charge is -2.08. The predicted octanol–water partition coefficient (Wildman–Crippen LogP) is 3.46. The van der Waals surface area contributed by atoms with Crippen LogP contribution in [0.5, 0.6) is 0 Å². The molecular formula is C15H13BrF2N2O. The molecule has 0 aromatic heterocycles. The lowest BCUT2D eigenvalue weighted by molar-refractivity contribution is -0.115. The monoisotopic (exact) mass is 354 g/mol. The van der Waals surface area contributed by atoms with Crippen molar-refractivity contribution < 1.29 is 13.6 Å². The Morgan fingerprint density at radius 2 is 1.67 bits per heavy atom. The third-order valence-electron chi connectivity index (χ3n) is 2.76. The van der Waals surface area contributed by atoms with Crippen LogP contribution in [0, 0.1) is 11.6 Å². The molecule has 0 saturated carbocycles. The normalized spacial score (nSPS) is 10.4. The Balaban J connectivity index is 1.84. The summed E-state index contributed by atoms with van der Waals surface area (Å²) in [6.45, 7) is 0.449. The van der Waals surface area contributed by atoms with Gasteiger partial charge >= 0.3 is 0 Å². The molecule has 0 unspecified atom stereocenters. The lowest BCUT2D eigenvalue weighted by Crippen LogP contribution is -2.28. The van der Waals surface area contributed by atoms with Gasteiger partial charge in [0.2, 0.25) is 5.91 Å². The standard InChI is InChI=1S/C15H13BrF2N2O/c16-11-6-4-10(5-7-11)8-19-9-14(21)20-15-12(17)2-1-3-13(15)18/h1-7,19H,8-9H2,(H,20,21). The maximum absolute atomic E-state index is 13.4.